The molecule has 1 aliphatic carbocycles. The predicted octanol–water partition coefficient (Wildman–Crippen LogP) is 5.87. The molecule has 1 aromatic heterocycles. The topological polar surface area (TPSA) is 69.0 Å². The van der Waals surface area contributed by atoms with Crippen LogP contribution in [-0.4, -0.2) is 21.1 Å². The zero-order valence-electron chi connectivity index (χ0n) is 17.9. The van der Waals surface area contributed by atoms with Crippen LogP contribution in [-0.2, 0) is 11.3 Å². The molecule has 6 heteroatoms. The molecule has 0 saturated heterocycles. The van der Waals surface area contributed by atoms with Gasteiger partial charge in [-0.05, 0) is 60.1 Å². The number of hydrogen-bond donors (Lipinski definition) is 1. The quantitative estimate of drug-likeness (QED) is 0.420. The van der Waals surface area contributed by atoms with Gasteiger partial charge in [-0.1, -0.05) is 71.9 Å². The molecule has 6 nitrogen and oxygen atoms in total. The Morgan fingerprint density at radius 3 is 2.28 bits per heavy atom. The molecule has 0 bridgehead atoms. The molecule has 0 unspecified atom stereocenters. The maximum atomic E-state index is 12.3. The number of hydrogen-bond acceptors (Lipinski definition) is 4. The molecule has 0 spiro atoms. The number of aromatic nitrogens is 3. The molecule has 1 saturated carbocycles. The van der Waals surface area contributed by atoms with Crippen molar-refractivity contribution in [2.24, 2.45) is 0 Å². The third kappa shape index (κ3) is 4.39. The monoisotopic (exact) mass is 424 g/mol. The van der Waals surface area contributed by atoms with Crippen molar-refractivity contribution in [2.45, 2.75) is 32.3 Å². The Bertz CT molecular complexity index is 1210. The molecule has 0 aliphatic heterocycles. The highest BCUT2D eigenvalue weighted by Crippen LogP contribution is 2.40. The maximum Gasteiger partial charge on any atom is 0.413 e. The highest BCUT2D eigenvalue weighted by Gasteiger charge is 2.23. The fraction of sp³-hybridized carbons (Fsp3) is 0.192. The van der Waals surface area contributed by atoms with E-state index in [-0.39, 0.29) is 6.61 Å². The van der Waals surface area contributed by atoms with Gasteiger partial charge < -0.3 is 4.74 Å². The van der Waals surface area contributed by atoms with Crippen molar-refractivity contribution in [1.29, 1.82) is 0 Å². The summed E-state index contributed by atoms with van der Waals surface area (Å²) in [5.41, 5.74) is 6.08. The maximum absolute atomic E-state index is 12.3. The van der Waals surface area contributed by atoms with Gasteiger partial charge in [0.15, 0.2) is 5.82 Å². The lowest BCUT2D eigenvalue weighted by atomic mass is 10.0. The van der Waals surface area contributed by atoms with Gasteiger partial charge in [-0.15, -0.1) is 5.10 Å². The van der Waals surface area contributed by atoms with Crippen molar-refractivity contribution < 1.29 is 9.53 Å². The summed E-state index contributed by atoms with van der Waals surface area (Å²) in [5, 5.41) is 11.1. The molecule has 1 fully saturated rings. The van der Waals surface area contributed by atoms with E-state index in [9.17, 15) is 4.79 Å². The van der Waals surface area contributed by atoms with Crippen molar-refractivity contribution in [1.82, 2.24) is 15.0 Å². The van der Waals surface area contributed by atoms with Crippen molar-refractivity contribution in [3.8, 4) is 16.8 Å². The van der Waals surface area contributed by atoms with E-state index < -0.39 is 6.09 Å². The predicted molar refractivity (Wildman–Crippen MR) is 124 cm³/mol. The number of anilines is 1. The second-order valence-corrected chi connectivity index (χ2v) is 8.07. The van der Waals surface area contributed by atoms with Crippen molar-refractivity contribution in [2.75, 3.05) is 5.32 Å². The van der Waals surface area contributed by atoms with E-state index in [2.05, 4.69) is 52.0 Å². The Labute approximate surface area is 186 Å². The van der Waals surface area contributed by atoms with Gasteiger partial charge in [0.25, 0.3) is 0 Å². The Kier molecular flexibility index (Phi) is 5.42. The van der Waals surface area contributed by atoms with Crippen LogP contribution in [0.5, 0.6) is 0 Å². The molecule has 1 heterocycles. The van der Waals surface area contributed by atoms with E-state index in [0.29, 0.717) is 11.5 Å². The lowest BCUT2D eigenvalue weighted by Crippen LogP contribution is -2.17. The van der Waals surface area contributed by atoms with Crippen molar-refractivity contribution in [3.05, 3.63) is 95.7 Å². The van der Waals surface area contributed by atoms with Crippen LogP contribution in [0.3, 0.4) is 0 Å². The van der Waals surface area contributed by atoms with Crippen LogP contribution in [0, 0.1) is 6.92 Å². The third-order valence-corrected chi connectivity index (χ3v) is 5.68. The lowest BCUT2D eigenvalue weighted by molar-refractivity contribution is 0.155. The fourth-order valence-electron chi connectivity index (χ4n) is 3.70. The van der Waals surface area contributed by atoms with Gasteiger partial charge in [-0.3, -0.25) is 5.32 Å². The SMILES string of the molecule is Cc1nnn(-c2ccc(-c3ccc(C4CC4)cc3)cc2)c1NC(=O)OCc1ccccc1. The number of rotatable bonds is 6. The molecular weight excluding hydrogens is 400 g/mol. The summed E-state index contributed by atoms with van der Waals surface area (Å²) in [6.07, 6.45) is 2.07. The third-order valence-electron chi connectivity index (χ3n) is 5.68. The molecule has 1 amide bonds. The smallest absolute Gasteiger partial charge is 0.413 e. The van der Waals surface area contributed by atoms with E-state index >= 15 is 0 Å². The first kappa shape index (κ1) is 20.0. The van der Waals surface area contributed by atoms with Crippen LogP contribution in [0.1, 0.15) is 35.6 Å². The zero-order valence-corrected chi connectivity index (χ0v) is 17.9. The molecular formula is C26H24N4O2. The van der Waals surface area contributed by atoms with E-state index in [1.165, 1.54) is 24.0 Å². The molecule has 1 aliphatic rings. The number of amides is 1. The number of ether oxygens (including phenoxy) is 1. The van der Waals surface area contributed by atoms with Crippen LogP contribution in [0.15, 0.2) is 78.9 Å². The fourth-order valence-corrected chi connectivity index (χ4v) is 3.70. The summed E-state index contributed by atoms with van der Waals surface area (Å²) < 4.78 is 6.95. The average molecular weight is 425 g/mol. The van der Waals surface area contributed by atoms with Gasteiger partial charge >= 0.3 is 6.09 Å². The number of benzene rings is 3. The first-order valence-electron chi connectivity index (χ1n) is 10.8. The van der Waals surface area contributed by atoms with Crippen LogP contribution in [0.4, 0.5) is 10.6 Å². The summed E-state index contributed by atoms with van der Waals surface area (Å²) in [6.45, 7) is 1.99. The summed E-state index contributed by atoms with van der Waals surface area (Å²) in [7, 11) is 0. The Hall–Kier alpha value is -3.93. The minimum absolute atomic E-state index is 0.196. The number of carbonyl (C=O) groups is 1. The van der Waals surface area contributed by atoms with Gasteiger partial charge in [-0.25, -0.2) is 4.79 Å². The summed E-state index contributed by atoms with van der Waals surface area (Å²) in [5.74, 6) is 1.25. The van der Waals surface area contributed by atoms with Crippen LogP contribution in [0.2, 0.25) is 0 Å². The standard InChI is InChI=1S/C26H24N4O2/c1-18-25(27-26(31)32-17-19-5-3-2-4-6-19)30(29-28-18)24-15-13-23(14-16-24)22-11-9-21(10-12-22)20-7-8-20/h2-6,9-16,20H,7-8,17H2,1H3,(H,27,31). The van der Waals surface area contributed by atoms with Gasteiger partial charge in [0, 0.05) is 0 Å². The highest BCUT2D eigenvalue weighted by molar-refractivity contribution is 5.84. The zero-order chi connectivity index (χ0) is 21.9. The average Bonchev–Trinajstić information content (AvgIpc) is 3.63. The summed E-state index contributed by atoms with van der Waals surface area (Å²) in [4.78, 5) is 12.3. The largest absolute Gasteiger partial charge is 0.444 e. The second-order valence-electron chi connectivity index (χ2n) is 8.07. The first-order chi connectivity index (χ1) is 15.7. The molecule has 0 radical (unpaired) electrons. The molecule has 160 valence electrons. The van der Waals surface area contributed by atoms with Gasteiger partial charge in [-0.2, -0.15) is 4.68 Å². The van der Waals surface area contributed by atoms with E-state index in [1.807, 2.05) is 42.5 Å². The number of nitrogens with zero attached hydrogens (tertiary/aromatic N) is 3. The van der Waals surface area contributed by atoms with E-state index in [1.54, 1.807) is 11.6 Å². The minimum Gasteiger partial charge on any atom is -0.444 e. The lowest BCUT2D eigenvalue weighted by Gasteiger charge is -2.10. The Balaban J connectivity index is 1.29. The number of aryl methyl sites for hydroxylation is 1. The Morgan fingerprint density at radius 1 is 0.969 bits per heavy atom. The molecule has 1 N–H and O–H groups in total. The van der Waals surface area contributed by atoms with E-state index in [0.717, 1.165) is 22.7 Å². The molecule has 0 atom stereocenters. The van der Waals surface area contributed by atoms with Gasteiger partial charge in [0.05, 0.1) is 5.69 Å². The number of nitrogens with one attached hydrogen (secondary N) is 1. The highest BCUT2D eigenvalue weighted by atomic mass is 16.5. The van der Waals surface area contributed by atoms with Crippen molar-refractivity contribution >= 4 is 11.9 Å². The van der Waals surface area contributed by atoms with Gasteiger partial charge in [0.2, 0.25) is 0 Å². The van der Waals surface area contributed by atoms with Crippen LogP contribution < -0.4 is 5.32 Å². The van der Waals surface area contributed by atoms with Crippen molar-refractivity contribution in [3.63, 3.8) is 0 Å². The normalized spacial score (nSPS) is 13.0. The minimum atomic E-state index is -0.548. The van der Waals surface area contributed by atoms with Crippen LogP contribution >= 0.6 is 0 Å². The van der Waals surface area contributed by atoms with Gasteiger partial charge in [0.1, 0.15) is 12.3 Å². The number of carbonyl (C=O) groups excluding carboxylic acids is 1. The van der Waals surface area contributed by atoms with Crippen LogP contribution in [0.25, 0.3) is 16.8 Å². The summed E-state index contributed by atoms with van der Waals surface area (Å²) >= 11 is 0. The van der Waals surface area contributed by atoms with E-state index in [4.69, 9.17) is 4.74 Å². The molecule has 3 aromatic carbocycles. The Morgan fingerprint density at radius 2 is 1.62 bits per heavy atom. The molecule has 32 heavy (non-hydrogen) atoms. The first-order valence-corrected chi connectivity index (χ1v) is 10.8. The summed E-state index contributed by atoms with van der Waals surface area (Å²) in [6, 6.07) is 26.4. The molecule has 5 rings (SSSR count). The molecule has 4 aromatic rings. The second kappa shape index (κ2) is 8.67.